The van der Waals surface area contributed by atoms with Gasteiger partial charge < -0.3 is 14.6 Å². The lowest BCUT2D eigenvalue weighted by Crippen LogP contribution is -2.72. The number of carbonyl (C=O) groups excluding carboxylic acids is 2. The molecule has 1 saturated carbocycles. The fraction of sp³-hybridized carbons (Fsp3) is 0.500. The highest BCUT2D eigenvalue weighted by Crippen LogP contribution is 2.67. The predicted molar refractivity (Wildman–Crippen MR) is 126 cm³/mol. The second-order valence-electron chi connectivity index (χ2n) is 10.9. The lowest BCUT2D eigenvalue weighted by Gasteiger charge is -2.56. The number of phenols is 1. The molecule has 0 amide bonds. The van der Waals surface area contributed by atoms with E-state index in [1.54, 1.807) is 12.1 Å². The number of fused-ring (bicyclic) bond motifs is 1. The van der Waals surface area contributed by atoms with Gasteiger partial charge in [0, 0.05) is 29.4 Å². The highest BCUT2D eigenvalue weighted by Gasteiger charge is 2.81. The first-order valence-electron chi connectivity index (χ1n) is 11.8. The molecule has 174 valence electrons. The van der Waals surface area contributed by atoms with E-state index in [1.165, 1.54) is 0 Å². The molecule has 6 rings (SSSR count). The van der Waals surface area contributed by atoms with Crippen molar-refractivity contribution in [2.24, 2.45) is 11.8 Å². The summed E-state index contributed by atoms with van der Waals surface area (Å²) in [5.74, 6) is -0.152. The Hall–Kier alpha value is -2.66. The van der Waals surface area contributed by atoms with Crippen molar-refractivity contribution in [1.82, 2.24) is 0 Å². The number of phenolic OH excluding ortho intramolecular Hbond substituents is 1. The number of Topliss-reactive ketones (excluding diaryl/α,β-unsaturated/α-hetero) is 2. The van der Waals surface area contributed by atoms with Crippen LogP contribution in [-0.4, -0.2) is 33.5 Å². The van der Waals surface area contributed by atoms with Crippen LogP contribution in [0.15, 0.2) is 47.1 Å². The molecule has 5 nitrogen and oxygen atoms in total. The Labute approximate surface area is 195 Å². The van der Waals surface area contributed by atoms with Crippen LogP contribution in [0.25, 0.3) is 0 Å². The minimum atomic E-state index is -1.24. The maximum Gasteiger partial charge on any atom is 0.197 e. The van der Waals surface area contributed by atoms with Gasteiger partial charge >= 0.3 is 0 Å². The van der Waals surface area contributed by atoms with E-state index in [2.05, 4.69) is 0 Å². The Morgan fingerprint density at radius 2 is 1.82 bits per heavy atom. The van der Waals surface area contributed by atoms with Crippen LogP contribution in [0.5, 0.6) is 11.5 Å². The number of hydrogen-bond donors (Lipinski definition) is 1. The summed E-state index contributed by atoms with van der Waals surface area (Å²) in [5, 5.41) is 10.6. The zero-order valence-electron chi connectivity index (χ0n) is 20.2. The van der Waals surface area contributed by atoms with Crippen molar-refractivity contribution in [2.75, 3.05) is 0 Å². The molecule has 5 heteroatoms. The molecular formula is C28H32O5. The van der Waals surface area contributed by atoms with Gasteiger partial charge in [0.2, 0.25) is 0 Å². The van der Waals surface area contributed by atoms with Crippen LogP contribution in [0.2, 0.25) is 0 Å². The minimum Gasteiger partial charge on any atom is -0.508 e. The quantitative estimate of drug-likeness (QED) is 0.636. The van der Waals surface area contributed by atoms with Crippen LogP contribution in [-0.2, 0) is 16.0 Å². The second kappa shape index (κ2) is 6.92. The Kier molecular flexibility index (Phi) is 4.65. The third-order valence-corrected chi connectivity index (χ3v) is 7.86. The Morgan fingerprint density at radius 3 is 2.48 bits per heavy atom. The standard InChI is InChI=1S/C28H32O5/c1-15(2)7-8-18-20(29)9-10-21-23(18)24(30)19-13-17-14-22-26(5,6)33-27(25(17)31,12-11-16(3)4)28(19,22)32-21/h7,9-11,13,17,22,29H,8,12,14H2,1-6H3. The van der Waals surface area contributed by atoms with Crippen molar-refractivity contribution < 1.29 is 24.2 Å². The van der Waals surface area contributed by atoms with Gasteiger partial charge in [-0.15, -0.1) is 0 Å². The number of ether oxygens (including phenoxy) is 2. The first-order valence-corrected chi connectivity index (χ1v) is 11.8. The summed E-state index contributed by atoms with van der Waals surface area (Å²) in [7, 11) is 0. The summed E-state index contributed by atoms with van der Waals surface area (Å²) in [4.78, 5) is 27.9. The molecule has 4 bridgehead atoms. The number of ketones is 2. The fourth-order valence-electron chi connectivity index (χ4n) is 6.45. The van der Waals surface area contributed by atoms with Crippen molar-refractivity contribution in [3.8, 4) is 11.5 Å². The van der Waals surface area contributed by atoms with Crippen LogP contribution in [0.1, 0.15) is 70.3 Å². The summed E-state index contributed by atoms with van der Waals surface area (Å²) < 4.78 is 13.5. The zero-order chi connectivity index (χ0) is 23.9. The van der Waals surface area contributed by atoms with E-state index in [1.807, 2.05) is 59.8 Å². The van der Waals surface area contributed by atoms with Gasteiger partial charge in [-0.2, -0.15) is 0 Å². The van der Waals surface area contributed by atoms with E-state index in [0.29, 0.717) is 41.7 Å². The average molecular weight is 449 g/mol. The largest absolute Gasteiger partial charge is 0.508 e. The van der Waals surface area contributed by atoms with Crippen molar-refractivity contribution >= 4 is 11.6 Å². The predicted octanol–water partition coefficient (Wildman–Crippen LogP) is 5.26. The molecule has 1 aromatic carbocycles. The maximum absolute atomic E-state index is 14.1. The summed E-state index contributed by atoms with van der Waals surface area (Å²) in [6, 6.07) is 3.24. The van der Waals surface area contributed by atoms with Gasteiger partial charge in [-0.3, -0.25) is 9.59 Å². The molecule has 1 N–H and O–H groups in total. The summed E-state index contributed by atoms with van der Waals surface area (Å²) in [5.41, 5.74) is 0.642. The van der Waals surface area contributed by atoms with Crippen LogP contribution in [0, 0.1) is 11.8 Å². The van der Waals surface area contributed by atoms with Gasteiger partial charge in [0.1, 0.15) is 11.5 Å². The second-order valence-corrected chi connectivity index (χ2v) is 10.9. The Morgan fingerprint density at radius 1 is 1.12 bits per heavy atom. The van der Waals surface area contributed by atoms with Gasteiger partial charge in [0.05, 0.1) is 11.2 Å². The summed E-state index contributed by atoms with van der Waals surface area (Å²) in [6.45, 7) is 12.0. The monoisotopic (exact) mass is 448 g/mol. The fourth-order valence-corrected chi connectivity index (χ4v) is 6.45. The van der Waals surface area contributed by atoms with Crippen LogP contribution in [0.4, 0.5) is 0 Å². The molecule has 5 aliphatic rings. The number of benzene rings is 1. The number of hydrogen-bond acceptors (Lipinski definition) is 5. The molecule has 0 aromatic heterocycles. The first-order chi connectivity index (χ1) is 15.4. The van der Waals surface area contributed by atoms with Crippen molar-refractivity contribution in [1.29, 1.82) is 0 Å². The SMILES string of the molecule is CC(C)=CCc1c(O)ccc2c1C(=O)C1=CC3CC4C(C)(C)OC(CC=C(C)C)(C3=O)C14O2. The third-order valence-electron chi connectivity index (χ3n) is 7.86. The van der Waals surface area contributed by atoms with Gasteiger partial charge in [-0.1, -0.05) is 29.4 Å². The molecular weight excluding hydrogens is 416 g/mol. The average Bonchev–Trinajstić information content (AvgIpc) is 2.89. The maximum atomic E-state index is 14.1. The Bertz CT molecular complexity index is 1170. The van der Waals surface area contributed by atoms with Gasteiger partial charge in [0.25, 0.3) is 0 Å². The molecule has 33 heavy (non-hydrogen) atoms. The van der Waals surface area contributed by atoms with Gasteiger partial charge in [0.15, 0.2) is 22.8 Å². The first kappa shape index (κ1) is 22.1. The lowest BCUT2D eigenvalue weighted by molar-refractivity contribution is -0.171. The van der Waals surface area contributed by atoms with Crippen LogP contribution in [0.3, 0.4) is 0 Å². The molecule has 3 aliphatic carbocycles. The smallest absolute Gasteiger partial charge is 0.197 e. The topological polar surface area (TPSA) is 72.8 Å². The molecule has 2 heterocycles. The van der Waals surface area contributed by atoms with Crippen molar-refractivity contribution in [2.45, 2.75) is 77.6 Å². The highest BCUT2D eigenvalue weighted by molar-refractivity contribution is 6.17. The zero-order valence-corrected chi connectivity index (χ0v) is 20.2. The van der Waals surface area contributed by atoms with E-state index < -0.39 is 16.8 Å². The molecule has 4 atom stereocenters. The number of carbonyl (C=O) groups is 2. The van der Waals surface area contributed by atoms with E-state index in [-0.39, 0.29) is 29.2 Å². The highest BCUT2D eigenvalue weighted by atomic mass is 16.6. The number of rotatable bonds is 4. The number of aromatic hydroxyl groups is 1. The Balaban J connectivity index is 1.76. The molecule has 1 saturated heterocycles. The molecule has 0 radical (unpaired) electrons. The van der Waals surface area contributed by atoms with E-state index in [4.69, 9.17) is 9.47 Å². The molecule has 2 aliphatic heterocycles. The third kappa shape index (κ3) is 2.75. The van der Waals surface area contributed by atoms with Crippen molar-refractivity contribution in [3.63, 3.8) is 0 Å². The normalized spacial score (nSPS) is 32.5. The molecule has 1 spiro atoms. The molecule has 2 fully saturated rings. The van der Waals surface area contributed by atoms with Crippen molar-refractivity contribution in [3.05, 3.63) is 58.2 Å². The van der Waals surface area contributed by atoms with E-state index >= 15 is 0 Å². The molecule has 1 aromatic rings. The van der Waals surface area contributed by atoms with E-state index in [0.717, 1.165) is 11.1 Å². The van der Waals surface area contributed by atoms with Gasteiger partial charge in [-0.25, -0.2) is 0 Å². The van der Waals surface area contributed by atoms with Crippen LogP contribution < -0.4 is 4.74 Å². The summed E-state index contributed by atoms with van der Waals surface area (Å²) in [6.07, 6.45) is 7.24. The number of allylic oxidation sites excluding steroid dienone is 4. The van der Waals surface area contributed by atoms with Crippen LogP contribution >= 0.6 is 0 Å². The van der Waals surface area contributed by atoms with Gasteiger partial charge in [-0.05, 0) is 66.5 Å². The summed E-state index contributed by atoms with van der Waals surface area (Å²) >= 11 is 0. The molecule has 4 unspecified atom stereocenters. The van der Waals surface area contributed by atoms with E-state index in [9.17, 15) is 14.7 Å². The minimum absolute atomic E-state index is 0.00497. The lowest BCUT2D eigenvalue weighted by atomic mass is 9.51.